The van der Waals surface area contributed by atoms with Crippen LogP contribution in [-0.2, 0) is 16.1 Å². The number of carbonyl (C=O) groups excluding carboxylic acids is 2. The van der Waals surface area contributed by atoms with Gasteiger partial charge in [-0.2, -0.15) is 0 Å². The zero-order valence-corrected chi connectivity index (χ0v) is 20.3. The van der Waals surface area contributed by atoms with E-state index in [0.29, 0.717) is 17.3 Å². The topological polar surface area (TPSA) is 58.6 Å². The molecule has 2 aromatic rings. The van der Waals surface area contributed by atoms with Crippen LogP contribution >= 0.6 is 11.6 Å². The van der Waals surface area contributed by atoms with E-state index < -0.39 is 11.6 Å². The van der Waals surface area contributed by atoms with Crippen LogP contribution in [-0.4, -0.2) is 34.9 Å². The summed E-state index contributed by atoms with van der Waals surface area (Å²) in [5, 5.41) is 3.64. The quantitative estimate of drug-likeness (QED) is 0.655. The molecular formula is C25H33ClN2O3. The van der Waals surface area contributed by atoms with E-state index in [9.17, 15) is 9.59 Å². The minimum absolute atomic E-state index is 0.167. The molecule has 0 aliphatic heterocycles. The Kier molecular flexibility index (Phi) is 8.13. The number of benzene rings is 2. The highest BCUT2D eigenvalue weighted by molar-refractivity contribution is 6.32. The fraction of sp³-hybridized carbons (Fsp3) is 0.440. The first-order chi connectivity index (χ1) is 14.4. The fourth-order valence-corrected chi connectivity index (χ4v) is 3.27. The summed E-state index contributed by atoms with van der Waals surface area (Å²) in [6.07, 6.45) is 0. The second kappa shape index (κ2) is 10.2. The van der Waals surface area contributed by atoms with Gasteiger partial charge in [-0.1, -0.05) is 41.4 Å². The molecule has 2 amide bonds. The summed E-state index contributed by atoms with van der Waals surface area (Å²) in [6, 6.07) is 10.9. The lowest BCUT2D eigenvalue weighted by Crippen LogP contribution is -2.53. The monoisotopic (exact) mass is 444 g/mol. The molecule has 0 saturated carbocycles. The predicted molar refractivity (Wildman–Crippen MR) is 126 cm³/mol. The molecule has 6 heteroatoms. The number of hydrogen-bond acceptors (Lipinski definition) is 3. The normalized spacial score (nSPS) is 12.3. The zero-order valence-electron chi connectivity index (χ0n) is 19.5. The predicted octanol–water partition coefficient (Wildman–Crippen LogP) is 4.98. The average Bonchev–Trinajstić information content (AvgIpc) is 2.67. The van der Waals surface area contributed by atoms with Gasteiger partial charge in [0.1, 0.15) is 11.8 Å². The number of aryl methyl sites for hydroxylation is 3. The molecule has 0 fully saturated rings. The van der Waals surface area contributed by atoms with Gasteiger partial charge in [0.25, 0.3) is 5.91 Å². The summed E-state index contributed by atoms with van der Waals surface area (Å²) in [7, 11) is 0. The summed E-state index contributed by atoms with van der Waals surface area (Å²) < 4.78 is 5.77. The van der Waals surface area contributed by atoms with E-state index in [1.54, 1.807) is 11.8 Å². The van der Waals surface area contributed by atoms with Gasteiger partial charge in [-0.15, -0.1) is 0 Å². The number of nitrogens with zero attached hydrogens (tertiary/aromatic N) is 1. The van der Waals surface area contributed by atoms with Crippen molar-refractivity contribution < 1.29 is 14.3 Å². The van der Waals surface area contributed by atoms with Crippen LogP contribution < -0.4 is 10.1 Å². The summed E-state index contributed by atoms with van der Waals surface area (Å²) in [4.78, 5) is 27.5. The number of nitrogens with one attached hydrogen (secondary N) is 1. The zero-order chi connectivity index (χ0) is 23.3. The van der Waals surface area contributed by atoms with Crippen molar-refractivity contribution in [3.8, 4) is 5.75 Å². The highest BCUT2D eigenvalue weighted by Gasteiger charge is 2.28. The van der Waals surface area contributed by atoms with Gasteiger partial charge in [-0.3, -0.25) is 9.59 Å². The van der Waals surface area contributed by atoms with E-state index in [1.165, 1.54) is 0 Å². The van der Waals surface area contributed by atoms with Crippen LogP contribution in [0.15, 0.2) is 36.4 Å². The first-order valence-corrected chi connectivity index (χ1v) is 10.8. The second-order valence-electron chi connectivity index (χ2n) is 9.08. The molecule has 0 saturated heterocycles. The van der Waals surface area contributed by atoms with Crippen molar-refractivity contribution in [1.29, 1.82) is 0 Å². The standard InChI is InChI=1S/C25H33ClN2O3/c1-16-8-10-20(11-9-16)14-28(19(4)24(30)27-25(5,6)7)22(29)15-31-21-12-17(2)23(26)18(3)13-21/h8-13,19H,14-15H2,1-7H3,(H,27,30)/t19-/m1/s1. The Hall–Kier alpha value is -2.53. The minimum Gasteiger partial charge on any atom is -0.484 e. The SMILES string of the molecule is Cc1ccc(CN(C(=O)COc2cc(C)c(Cl)c(C)c2)[C@H](C)C(=O)NC(C)(C)C)cc1. The second-order valence-corrected chi connectivity index (χ2v) is 9.46. The lowest BCUT2D eigenvalue weighted by atomic mass is 10.1. The maximum absolute atomic E-state index is 13.1. The van der Waals surface area contributed by atoms with E-state index in [4.69, 9.17) is 16.3 Å². The molecule has 0 aliphatic rings. The molecule has 0 bridgehead atoms. The van der Waals surface area contributed by atoms with Crippen molar-refractivity contribution in [1.82, 2.24) is 10.2 Å². The van der Waals surface area contributed by atoms with E-state index >= 15 is 0 Å². The number of halogens is 1. The molecule has 5 nitrogen and oxygen atoms in total. The number of carbonyl (C=O) groups is 2. The lowest BCUT2D eigenvalue weighted by Gasteiger charge is -2.31. The number of hydrogen-bond donors (Lipinski definition) is 1. The Morgan fingerprint density at radius 3 is 2.13 bits per heavy atom. The summed E-state index contributed by atoms with van der Waals surface area (Å²) in [5.74, 6) is 0.114. The third-order valence-electron chi connectivity index (χ3n) is 4.91. The minimum atomic E-state index is -0.648. The molecular weight excluding hydrogens is 412 g/mol. The molecule has 0 aromatic heterocycles. The maximum Gasteiger partial charge on any atom is 0.261 e. The van der Waals surface area contributed by atoms with Gasteiger partial charge in [-0.25, -0.2) is 0 Å². The Labute approximate surface area is 190 Å². The Morgan fingerprint density at radius 1 is 1.06 bits per heavy atom. The molecule has 2 aromatic carbocycles. The molecule has 2 rings (SSSR count). The van der Waals surface area contributed by atoms with Gasteiger partial charge in [0.2, 0.25) is 5.91 Å². The Bertz CT molecular complexity index is 910. The van der Waals surface area contributed by atoms with Gasteiger partial charge in [0.15, 0.2) is 6.61 Å². The van der Waals surface area contributed by atoms with E-state index in [-0.39, 0.29) is 18.4 Å². The van der Waals surface area contributed by atoms with Crippen molar-refractivity contribution in [2.45, 2.75) is 66.6 Å². The average molecular weight is 445 g/mol. The molecule has 1 N–H and O–H groups in total. The lowest BCUT2D eigenvalue weighted by molar-refractivity contribution is -0.142. The van der Waals surface area contributed by atoms with Crippen LogP contribution in [0.3, 0.4) is 0 Å². The summed E-state index contributed by atoms with van der Waals surface area (Å²) >= 11 is 6.22. The third kappa shape index (κ3) is 7.28. The van der Waals surface area contributed by atoms with Gasteiger partial charge >= 0.3 is 0 Å². The van der Waals surface area contributed by atoms with Crippen molar-refractivity contribution in [2.24, 2.45) is 0 Å². The molecule has 168 valence electrons. The van der Waals surface area contributed by atoms with Gasteiger partial charge in [0.05, 0.1) is 0 Å². The van der Waals surface area contributed by atoms with Crippen molar-refractivity contribution in [3.05, 3.63) is 63.7 Å². The molecule has 0 unspecified atom stereocenters. The summed E-state index contributed by atoms with van der Waals surface area (Å²) in [5.41, 5.74) is 3.47. The van der Waals surface area contributed by atoms with E-state index in [0.717, 1.165) is 22.3 Å². The number of amides is 2. The van der Waals surface area contributed by atoms with Crippen LogP contribution in [0.1, 0.15) is 49.9 Å². The van der Waals surface area contributed by atoms with Gasteiger partial charge < -0.3 is 15.0 Å². The molecule has 0 heterocycles. The number of ether oxygens (including phenoxy) is 1. The van der Waals surface area contributed by atoms with Crippen LogP contribution in [0.25, 0.3) is 0 Å². The van der Waals surface area contributed by atoms with E-state index in [2.05, 4.69) is 5.32 Å². The molecule has 0 spiro atoms. The first-order valence-electron chi connectivity index (χ1n) is 10.4. The van der Waals surface area contributed by atoms with Crippen LogP contribution in [0, 0.1) is 20.8 Å². The Morgan fingerprint density at radius 2 is 1.61 bits per heavy atom. The van der Waals surface area contributed by atoms with Gasteiger partial charge in [-0.05, 0) is 77.3 Å². The smallest absolute Gasteiger partial charge is 0.261 e. The highest BCUT2D eigenvalue weighted by atomic mass is 35.5. The molecule has 1 atom stereocenters. The number of rotatable bonds is 7. The molecule has 0 aliphatic carbocycles. The Balaban J connectivity index is 2.20. The van der Waals surface area contributed by atoms with Gasteiger partial charge in [0, 0.05) is 17.1 Å². The van der Waals surface area contributed by atoms with Crippen LogP contribution in [0.5, 0.6) is 5.75 Å². The van der Waals surface area contributed by atoms with Crippen molar-refractivity contribution in [3.63, 3.8) is 0 Å². The fourth-order valence-electron chi connectivity index (χ4n) is 3.16. The maximum atomic E-state index is 13.1. The van der Waals surface area contributed by atoms with Crippen LogP contribution in [0.2, 0.25) is 5.02 Å². The largest absolute Gasteiger partial charge is 0.484 e. The molecule has 31 heavy (non-hydrogen) atoms. The summed E-state index contributed by atoms with van der Waals surface area (Å²) in [6.45, 7) is 13.4. The first kappa shape index (κ1) is 24.7. The van der Waals surface area contributed by atoms with E-state index in [1.807, 2.05) is 77.9 Å². The van der Waals surface area contributed by atoms with Crippen molar-refractivity contribution in [2.75, 3.05) is 6.61 Å². The third-order valence-corrected chi connectivity index (χ3v) is 5.51. The van der Waals surface area contributed by atoms with Crippen molar-refractivity contribution >= 4 is 23.4 Å². The highest BCUT2D eigenvalue weighted by Crippen LogP contribution is 2.26. The van der Waals surface area contributed by atoms with Crippen LogP contribution in [0.4, 0.5) is 0 Å². The molecule has 0 radical (unpaired) electrons.